The van der Waals surface area contributed by atoms with E-state index in [4.69, 9.17) is 4.74 Å². The topological polar surface area (TPSA) is 97.6 Å². The molecule has 2 N–H and O–H groups in total. The number of alkyl halides is 3. The third-order valence-electron chi connectivity index (χ3n) is 6.61. The number of hydrogen-bond donors (Lipinski definition) is 2. The lowest BCUT2D eigenvalue weighted by molar-refractivity contribution is -0.139. The molecule has 0 unspecified atom stereocenters. The van der Waals surface area contributed by atoms with E-state index in [-0.39, 0.29) is 24.5 Å². The van der Waals surface area contributed by atoms with Crippen LogP contribution in [0.15, 0.2) is 77.7 Å². The molecule has 0 spiro atoms. The molecule has 0 saturated heterocycles. The van der Waals surface area contributed by atoms with Crippen molar-refractivity contribution in [3.8, 4) is 17.6 Å². The number of sulfonamides is 1. The second-order valence-corrected chi connectivity index (χ2v) is 11.0. The Balaban J connectivity index is 1.60. The Kier molecular flexibility index (Phi) is 8.75. The van der Waals surface area contributed by atoms with Crippen LogP contribution in [0.3, 0.4) is 0 Å². The van der Waals surface area contributed by atoms with Crippen molar-refractivity contribution >= 4 is 26.9 Å². The van der Waals surface area contributed by atoms with Crippen LogP contribution in [0.25, 0.3) is 10.9 Å². The molecule has 0 radical (unpaired) electrons. The minimum absolute atomic E-state index is 0.126. The summed E-state index contributed by atoms with van der Waals surface area (Å²) in [7, 11) is -4.20. The fraction of sp³-hybridized carbons (Fsp3) is 0.233. The van der Waals surface area contributed by atoms with Crippen LogP contribution >= 0.6 is 0 Å². The SMILES string of the molecule is CC#CCOc1ccc(S(=O)(=O)N[C@@H](Cc2c(C)n(Cc3ccc(C(F)(F)F)cc3)c3ccccc23)C(=O)O)cc1. The zero-order valence-electron chi connectivity index (χ0n) is 22.2. The normalized spacial score (nSPS) is 12.5. The number of rotatable bonds is 10. The Morgan fingerprint density at radius 1 is 1.05 bits per heavy atom. The van der Waals surface area contributed by atoms with Gasteiger partial charge in [-0.15, -0.1) is 5.92 Å². The summed E-state index contributed by atoms with van der Waals surface area (Å²) in [6.45, 7) is 3.83. The highest BCUT2D eigenvalue weighted by atomic mass is 32.2. The Morgan fingerprint density at radius 3 is 2.32 bits per heavy atom. The zero-order valence-corrected chi connectivity index (χ0v) is 23.0. The van der Waals surface area contributed by atoms with Gasteiger partial charge < -0.3 is 14.4 Å². The number of halogens is 3. The highest BCUT2D eigenvalue weighted by Crippen LogP contribution is 2.31. The van der Waals surface area contributed by atoms with Gasteiger partial charge in [0.15, 0.2) is 0 Å². The number of aromatic nitrogens is 1. The largest absolute Gasteiger partial charge is 0.481 e. The van der Waals surface area contributed by atoms with Gasteiger partial charge in [-0.05, 0) is 67.4 Å². The Morgan fingerprint density at radius 2 is 1.71 bits per heavy atom. The highest BCUT2D eigenvalue weighted by Gasteiger charge is 2.30. The molecule has 1 atom stereocenters. The summed E-state index contributed by atoms with van der Waals surface area (Å²) in [5.74, 6) is 4.48. The maximum atomic E-state index is 13.1. The summed E-state index contributed by atoms with van der Waals surface area (Å²) in [5.41, 5.74) is 1.91. The van der Waals surface area contributed by atoms with E-state index in [2.05, 4.69) is 16.6 Å². The molecule has 0 aliphatic rings. The summed E-state index contributed by atoms with van der Waals surface area (Å²) < 4.78 is 74.7. The van der Waals surface area contributed by atoms with Crippen LogP contribution in [0.2, 0.25) is 0 Å². The van der Waals surface area contributed by atoms with Crippen molar-refractivity contribution in [3.05, 3.63) is 95.2 Å². The standard InChI is InChI=1S/C30H27F3N2O5S/c1-3-4-17-40-23-13-15-24(16-14-23)41(38,39)34-27(29(36)37)18-26-20(2)35(28-8-6-5-7-25(26)28)19-21-9-11-22(12-10-21)30(31,32)33/h5-16,27,34H,17-19H2,1-2H3,(H,36,37)/t27-/m0/s1. The molecule has 4 rings (SSSR count). The van der Waals surface area contributed by atoms with E-state index in [9.17, 15) is 31.5 Å². The van der Waals surface area contributed by atoms with E-state index in [1.165, 1.54) is 36.4 Å². The molecule has 0 aliphatic heterocycles. The van der Waals surface area contributed by atoms with E-state index in [0.717, 1.165) is 23.0 Å². The number of fused-ring (bicyclic) bond motifs is 1. The van der Waals surface area contributed by atoms with Gasteiger partial charge in [0.05, 0.1) is 10.5 Å². The lowest BCUT2D eigenvalue weighted by Crippen LogP contribution is -2.42. The van der Waals surface area contributed by atoms with Crippen LogP contribution in [-0.2, 0) is 34.0 Å². The molecule has 0 amide bonds. The van der Waals surface area contributed by atoms with Gasteiger partial charge in [-0.3, -0.25) is 4.79 Å². The molecular weight excluding hydrogens is 557 g/mol. The number of carboxylic acid groups (broad SMARTS) is 1. The van der Waals surface area contributed by atoms with E-state index < -0.39 is 33.8 Å². The number of para-hydroxylation sites is 1. The first-order chi connectivity index (χ1) is 19.4. The van der Waals surface area contributed by atoms with Crippen molar-refractivity contribution < 1.29 is 36.2 Å². The molecule has 0 saturated carbocycles. The maximum absolute atomic E-state index is 13.1. The van der Waals surface area contributed by atoms with E-state index in [1.807, 2.05) is 10.6 Å². The van der Waals surface area contributed by atoms with Crippen molar-refractivity contribution in [2.75, 3.05) is 6.61 Å². The summed E-state index contributed by atoms with van der Waals surface area (Å²) in [6.07, 6.45) is -4.60. The number of benzene rings is 3. The minimum Gasteiger partial charge on any atom is -0.481 e. The van der Waals surface area contributed by atoms with E-state index in [1.54, 1.807) is 32.0 Å². The lowest BCUT2D eigenvalue weighted by atomic mass is 10.0. The van der Waals surface area contributed by atoms with Crippen molar-refractivity contribution in [1.29, 1.82) is 0 Å². The van der Waals surface area contributed by atoms with Crippen LogP contribution < -0.4 is 9.46 Å². The number of aliphatic carboxylic acids is 1. The van der Waals surface area contributed by atoms with Crippen LogP contribution in [0.1, 0.15) is 29.3 Å². The number of carbonyl (C=O) groups is 1. The first-order valence-electron chi connectivity index (χ1n) is 12.5. The highest BCUT2D eigenvalue weighted by molar-refractivity contribution is 7.89. The van der Waals surface area contributed by atoms with Gasteiger partial charge in [-0.1, -0.05) is 36.3 Å². The van der Waals surface area contributed by atoms with Crippen LogP contribution in [0, 0.1) is 18.8 Å². The summed E-state index contributed by atoms with van der Waals surface area (Å²) in [6, 6.07) is 16.1. The van der Waals surface area contributed by atoms with Gasteiger partial charge in [-0.25, -0.2) is 8.42 Å². The van der Waals surface area contributed by atoms with Crippen molar-refractivity contribution in [2.24, 2.45) is 0 Å². The predicted molar refractivity (Wildman–Crippen MR) is 148 cm³/mol. The molecule has 3 aromatic carbocycles. The Bertz CT molecular complexity index is 1720. The van der Waals surface area contributed by atoms with Crippen LogP contribution in [0.4, 0.5) is 13.2 Å². The molecular formula is C30H27F3N2O5S. The number of carboxylic acids is 1. The van der Waals surface area contributed by atoms with E-state index in [0.29, 0.717) is 22.6 Å². The number of hydrogen-bond acceptors (Lipinski definition) is 4. The average Bonchev–Trinajstić information content (AvgIpc) is 3.19. The maximum Gasteiger partial charge on any atom is 0.416 e. The second-order valence-electron chi connectivity index (χ2n) is 9.27. The van der Waals surface area contributed by atoms with Crippen molar-refractivity contribution in [1.82, 2.24) is 9.29 Å². The molecule has 1 aromatic heterocycles. The lowest BCUT2D eigenvalue weighted by Gasteiger charge is -2.16. The fourth-order valence-corrected chi connectivity index (χ4v) is 5.68. The molecule has 4 aromatic rings. The van der Waals surface area contributed by atoms with Gasteiger partial charge >= 0.3 is 12.1 Å². The summed E-state index contributed by atoms with van der Waals surface area (Å²) >= 11 is 0. The molecule has 0 aliphatic carbocycles. The van der Waals surface area contributed by atoms with Crippen LogP contribution in [-0.4, -0.2) is 36.7 Å². The minimum atomic E-state index is -4.44. The third-order valence-corrected chi connectivity index (χ3v) is 8.10. The first kappa shape index (κ1) is 29.7. The molecule has 214 valence electrons. The van der Waals surface area contributed by atoms with Gasteiger partial charge in [0.1, 0.15) is 18.4 Å². The zero-order chi connectivity index (χ0) is 29.8. The van der Waals surface area contributed by atoms with Gasteiger partial charge in [-0.2, -0.15) is 17.9 Å². The van der Waals surface area contributed by atoms with Gasteiger partial charge in [0.25, 0.3) is 0 Å². The second kappa shape index (κ2) is 12.1. The first-order valence-corrected chi connectivity index (χ1v) is 14.0. The Labute approximate surface area is 235 Å². The molecule has 7 nitrogen and oxygen atoms in total. The summed E-state index contributed by atoms with van der Waals surface area (Å²) in [5, 5.41) is 10.7. The fourth-order valence-electron chi connectivity index (χ4n) is 4.49. The molecule has 0 fully saturated rings. The molecule has 1 heterocycles. The quantitative estimate of drug-likeness (QED) is 0.244. The average molecular weight is 585 g/mol. The van der Waals surface area contributed by atoms with Gasteiger partial charge in [0, 0.05) is 29.6 Å². The molecule has 11 heteroatoms. The third kappa shape index (κ3) is 6.90. The molecule has 41 heavy (non-hydrogen) atoms. The number of nitrogens with one attached hydrogen (secondary N) is 1. The Hall–Kier alpha value is -4.27. The number of ether oxygens (including phenoxy) is 1. The molecule has 0 bridgehead atoms. The van der Waals surface area contributed by atoms with E-state index >= 15 is 0 Å². The van der Waals surface area contributed by atoms with Gasteiger partial charge in [0.2, 0.25) is 10.0 Å². The predicted octanol–water partition coefficient (Wildman–Crippen LogP) is 5.39. The summed E-state index contributed by atoms with van der Waals surface area (Å²) in [4.78, 5) is 12.1. The van der Waals surface area contributed by atoms with Crippen molar-refractivity contribution in [3.63, 3.8) is 0 Å². The van der Waals surface area contributed by atoms with Crippen molar-refractivity contribution in [2.45, 2.75) is 43.9 Å². The monoisotopic (exact) mass is 584 g/mol. The van der Waals surface area contributed by atoms with Crippen LogP contribution in [0.5, 0.6) is 5.75 Å². The number of nitrogens with zero attached hydrogens (tertiary/aromatic N) is 1. The smallest absolute Gasteiger partial charge is 0.416 e.